The second-order valence-corrected chi connectivity index (χ2v) is 10.4. The van der Waals surface area contributed by atoms with Crippen molar-refractivity contribution < 1.29 is 13.2 Å². The van der Waals surface area contributed by atoms with E-state index >= 15 is 0 Å². The fourth-order valence-electron chi connectivity index (χ4n) is 4.30. The summed E-state index contributed by atoms with van der Waals surface area (Å²) in [6.45, 7) is 7.72. The van der Waals surface area contributed by atoms with Crippen molar-refractivity contribution in [1.82, 2.24) is 14.2 Å². The molecule has 4 rings (SSSR count). The van der Waals surface area contributed by atoms with Crippen LogP contribution >= 0.6 is 0 Å². The maximum atomic E-state index is 13.4. The molecule has 156 valence electrons. The van der Waals surface area contributed by atoms with E-state index in [1.807, 2.05) is 44.4 Å². The average Bonchev–Trinajstić information content (AvgIpc) is 2.72. The predicted molar refractivity (Wildman–Crippen MR) is 112 cm³/mol. The lowest BCUT2D eigenvalue weighted by Crippen LogP contribution is -2.52. The molecule has 0 N–H and O–H groups in total. The summed E-state index contributed by atoms with van der Waals surface area (Å²) >= 11 is 0. The van der Waals surface area contributed by atoms with Crippen molar-refractivity contribution in [3.63, 3.8) is 0 Å². The van der Waals surface area contributed by atoms with Crippen LogP contribution < -0.4 is 4.74 Å². The van der Waals surface area contributed by atoms with E-state index in [0.29, 0.717) is 18.9 Å². The van der Waals surface area contributed by atoms with Gasteiger partial charge in [-0.3, -0.25) is 9.88 Å². The summed E-state index contributed by atoms with van der Waals surface area (Å²) < 4.78 is 34.5. The normalized spacial score (nSPS) is 21.9. The Morgan fingerprint density at radius 2 is 1.79 bits per heavy atom. The predicted octanol–water partition coefficient (Wildman–Crippen LogP) is 3.16. The van der Waals surface area contributed by atoms with Gasteiger partial charge in [0.1, 0.15) is 10.6 Å². The monoisotopic (exact) mass is 415 g/mol. The summed E-state index contributed by atoms with van der Waals surface area (Å²) in [4.78, 5) is 6.79. The van der Waals surface area contributed by atoms with Crippen LogP contribution in [0.1, 0.15) is 32.3 Å². The third kappa shape index (κ3) is 4.17. The molecule has 7 heteroatoms. The number of rotatable bonds is 3. The van der Waals surface area contributed by atoms with E-state index in [4.69, 9.17) is 4.74 Å². The molecule has 1 saturated heterocycles. The van der Waals surface area contributed by atoms with Gasteiger partial charge in [0.15, 0.2) is 0 Å². The minimum atomic E-state index is -3.59. The molecule has 2 aliphatic heterocycles. The molecule has 0 unspecified atom stereocenters. The Bertz CT molecular complexity index is 939. The SMILES string of the molecule is CC(C)N1CC2(CCN(Cc3ccncc3)CC2)COc2ccccc2S1(=O)=O. The quantitative estimate of drug-likeness (QED) is 0.771. The van der Waals surface area contributed by atoms with Gasteiger partial charge >= 0.3 is 0 Å². The Hall–Kier alpha value is -1.96. The van der Waals surface area contributed by atoms with Crippen molar-refractivity contribution in [3.8, 4) is 5.75 Å². The van der Waals surface area contributed by atoms with Crippen LogP contribution in [0, 0.1) is 5.41 Å². The highest BCUT2D eigenvalue weighted by atomic mass is 32.2. The van der Waals surface area contributed by atoms with Crippen LogP contribution in [-0.2, 0) is 16.6 Å². The molecule has 1 aromatic heterocycles. The third-order valence-electron chi connectivity index (χ3n) is 6.11. The lowest BCUT2D eigenvalue weighted by Gasteiger charge is -2.45. The van der Waals surface area contributed by atoms with E-state index in [1.165, 1.54) is 5.56 Å². The van der Waals surface area contributed by atoms with Gasteiger partial charge in [0.2, 0.25) is 10.0 Å². The molecule has 6 nitrogen and oxygen atoms in total. The molecule has 0 atom stereocenters. The van der Waals surface area contributed by atoms with Crippen LogP contribution in [0.25, 0.3) is 0 Å². The van der Waals surface area contributed by atoms with Crippen LogP contribution in [0.2, 0.25) is 0 Å². The number of sulfonamides is 1. The minimum absolute atomic E-state index is 0.0992. The van der Waals surface area contributed by atoms with Gasteiger partial charge in [-0.25, -0.2) is 8.42 Å². The van der Waals surface area contributed by atoms with E-state index in [-0.39, 0.29) is 16.4 Å². The molecule has 3 heterocycles. The maximum Gasteiger partial charge on any atom is 0.247 e. The first kappa shape index (κ1) is 20.3. The number of fused-ring (bicyclic) bond motifs is 1. The second kappa shape index (κ2) is 8.05. The van der Waals surface area contributed by atoms with Crippen LogP contribution in [0.5, 0.6) is 5.75 Å². The second-order valence-electron chi connectivity index (χ2n) is 8.51. The van der Waals surface area contributed by atoms with Gasteiger partial charge in [-0.1, -0.05) is 12.1 Å². The standard InChI is InChI=1S/C22H29N3O3S/c1-18(2)25-16-22(17-28-20-5-3-4-6-21(20)29(25,26)27)9-13-24(14-10-22)15-19-7-11-23-12-8-19/h3-8,11-12,18H,9-10,13-17H2,1-2H3. The number of pyridine rings is 1. The molecule has 2 aliphatic rings. The summed E-state index contributed by atoms with van der Waals surface area (Å²) in [5.74, 6) is 0.469. The Labute approximate surface area is 173 Å². The number of likely N-dealkylation sites (tertiary alicyclic amines) is 1. The number of benzene rings is 1. The van der Waals surface area contributed by atoms with Crippen molar-refractivity contribution in [3.05, 3.63) is 54.4 Å². The van der Waals surface area contributed by atoms with E-state index < -0.39 is 10.0 Å². The number of hydrogen-bond donors (Lipinski definition) is 0. The van der Waals surface area contributed by atoms with E-state index in [2.05, 4.69) is 9.88 Å². The highest BCUT2D eigenvalue weighted by Crippen LogP contribution is 2.40. The summed E-state index contributed by atoms with van der Waals surface area (Å²) in [6.07, 6.45) is 5.48. The fraction of sp³-hybridized carbons (Fsp3) is 0.500. The molecule has 0 bridgehead atoms. The molecule has 0 amide bonds. The van der Waals surface area contributed by atoms with Gasteiger partial charge in [0.05, 0.1) is 6.61 Å². The molecule has 2 aromatic rings. The van der Waals surface area contributed by atoms with Crippen molar-refractivity contribution in [1.29, 1.82) is 0 Å². The lowest BCUT2D eigenvalue weighted by molar-refractivity contribution is 0.0283. The topological polar surface area (TPSA) is 62.7 Å². The van der Waals surface area contributed by atoms with Crippen molar-refractivity contribution in [2.75, 3.05) is 26.2 Å². The molecule has 1 fully saturated rings. The molecule has 0 radical (unpaired) electrons. The summed E-state index contributed by atoms with van der Waals surface area (Å²) in [5, 5.41) is 0. The van der Waals surface area contributed by atoms with Crippen molar-refractivity contribution >= 4 is 10.0 Å². The van der Waals surface area contributed by atoms with Crippen LogP contribution in [0.4, 0.5) is 0 Å². The fourth-order valence-corrected chi connectivity index (χ4v) is 6.18. The Balaban J connectivity index is 1.56. The van der Waals surface area contributed by atoms with Gasteiger partial charge in [-0.2, -0.15) is 4.31 Å². The zero-order chi connectivity index (χ0) is 20.5. The highest BCUT2D eigenvalue weighted by Gasteiger charge is 2.43. The van der Waals surface area contributed by atoms with Gasteiger partial charge in [-0.15, -0.1) is 0 Å². The van der Waals surface area contributed by atoms with Crippen molar-refractivity contribution in [2.24, 2.45) is 5.41 Å². The Kier molecular flexibility index (Phi) is 5.64. The Morgan fingerprint density at radius 3 is 2.48 bits per heavy atom. The van der Waals surface area contributed by atoms with Crippen LogP contribution in [0.3, 0.4) is 0 Å². The van der Waals surface area contributed by atoms with Crippen molar-refractivity contribution in [2.45, 2.75) is 44.2 Å². The molecule has 29 heavy (non-hydrogen) atoms. The van der Waals surface area contributed by atoms with Gasteiger partial charge in [0.25, 0.3) is 0 Å². The first-order chi connectivity index (χ1) is 13.9. The van der Waals surface area contributed by atoms with E-state index in [1.54, 1.807) is 22.5 Å². The van der Waals surface area contributed by atoms with Crippen LogP contribution in [-0.4, -0.2) is 54.9 Å². The summed E-state index contributed by atoms with van der Waals surface area (Å²) in [5.41, 5.74) is 1.09. The van der Waals surface area contributed by atoms with Gasteiger partial charge in [0, 0.05) is 36.9 Å². The minimum Gasteiger partial charge on any atom is -0.492 e. The molecule has 1 spiro atoms. The average molecular weight is 416 g/mol. The van der Waals surface area contributed by atoms with Gasteiger partial charge < -0.3 is 4.74 Å². The van der Waals surface area contributed by atoms with E-state index in [9.17, 15) is 8.42 Å². The molecule has 1 aromatic carbocycles. The first-order valence-electron chi connectivity index (χ1n) is 10.2. The maximum absolute atomic E-state index is 13.4. The number of ether oxygens (including phenoxy) is 1. The van der Waals surface area contributed by atoms with E-state index in [0.717, 1.165) is 32.5 Å². The van der Waals surface area contributed by atoms with Gasteiger partial charge in [-0.05, 0) is 69.6 Å². The number of para-hydroxylation sites is 1. The third-order valence-corrected chi connectivity index (χ3v) is 8.17. The first-order valence-corrected chi connectivity index (χ1v) is 11.7. The zero-order valence-electron chi connectivity index (χ0n) is 17.1. The summed E-state index contributed by atoms with van der Waals surface area (Å²) in [7, 11) is -3.59. The lowest BCUT2D eigenvalue weighted by atomic mass is 9.78. The number of hydrogen-bond acceptors (Lipinski definition) is 5. The Morgan fingerprint density at radius 1 is 1.10 bits per heavy atom. The smallest absolute Gasteiger partial charge is 0.247 e. The molecular weight excluding hydrogens is 386 g/mol. The number of nitrogens with zero attached hydrogens (tertiary/aromatic N) is 3. The summed E-state index contributed by atoms with van der Waals surface area (Å²) in [6, 6.07) is 11.0. The largest absolute Gasteiger partial charge is 0.492 e. The molecule has 0 aliphatic carbocycles. The zero-order valence-corrected chi connectivity index (χ0v) is 17.9. The molecular formula is C22H29N3O3S. The number of aromatic nitrogens is 1. The molecule has 0 saturated carbocycles. The highest BCUT2D eigenvalue weighted by molar-refractivity contribution is 7.89. The van der Waals surface area contributed by atoms with Crippen LogP contribution in [0.15, 0.2) is 53.7 Å². The number of piperidine rings is 1.